The summed E-state index contributed by atoms with van der Waals surface area (Å²) in [5.74, 6) is 1.97. The Hall–Kier alpha value is -7.33. The van der Waals surface area contributed by atoms with Crippen LogP contribution in [0.15, 0.2) is 119 Å². The molecule has 3 amide bonds. The number of oxazole rings is 2. The van der Waals surface area contributed by atoms with E-state index in [1.54, 1.807) is 60.9 Å². The van der Waals surface area contributed by atoms with Crippen LogP contribution in [0.5, 0.6) is 11.5 Å². The predicted octanol–water partition coefficient (Wildman–Crippen LogP) is 7.76. The molecule has 6 aromatic rings. The highest BCUT2D eigenvalue weighted by atomic mass is 16.6. The van der Waals surface area contributed by atoms with Gasteiger partial charge in [-0.2, -0.15) is 0 Å². The van der Waals surface area contributed by atoms with Gasteiger partial charge in [0.05, 0.1) is 32.7 Å². The number of phenolic OH excluding ortho intramolecular Hbond substituents is 1. The minimum Gasteiger partial charge on any atom is -0.508 e. The number of alkyl carbamates (subject to hydrolysis) is 2. The van der Waals surface area contributed by atoms with Gasteiger partial charge in [-0.25, -0.2) is 24.4 Å². The summed E-state index contributed by atoms with van der Waals surface area (Å²) < 4.78 is 30.5. The number of hydrogen-bond acceptors (Lipinski definition) is 13. The van der Waals surface area contributed by atoms with Crippen molar-refractivity contribution in [3.8, 4) is 34.1 Å². The molecule has 1 saturated heterocycles. The number of benzene rings is 4. The van der Waals surface area contributed by atoms with Crippen LogP contribution in [-0.4, -0.2) is 59.8 Å². The van der Waals surface area contributed by atoms with Crippen LogP contribution in [0.2, 0.25) is 0 Å². The van der Waals surface area contributed by atoms with Crippen LogP contribution >= 0.6 is 0 Å². The second-order valence-electron chi connectivity index (χ2n) is 12.8. The van der Waals surface area contributed by atoms with Crippen LogP contribution in [0.4, 0.5) is 25.8 Å². The molecule has 2 aromatic heterocycles. The minimum atomic E-state index is -0.620. The second kappa shape index (κ2) is 21.1. The Bertz CT molecular complexity index is 2240. The molecule has 4 aromatic carbocycles. The number of rotatable bonds is 9. The van der Waals surface area contributed by atoms with Crippen molar-refractivity contribution in [2.45, 2.75) is 39.5 Å². The third-order valence-electron chi connectivity index (χ3n) is 8.36. The number of amides is 3. The van der Waals surface area contributed by atoms with Crippen molar-refractivity contribution in [2.75, 3.05) is 31.4 Å². The Labute approximate surface area is 334 Å². The number of aromatic hydroxyl groups is 1. The molecule has 1 aliphatic rings. The first-order chi connectivity index (χ1) is 28.1. The van der Waals surface area contributed by atoms with Crippen molar-refractivity contribution < 1.29 is 47.3 Å². The van der Waals surface area contributed by atoms with E-state index >= 15 is 0 Å². The number of nitrogens with one attached hydrogen (secondary N) is 3. The summed E-state index contributed by atoms with van der Waals surface area (Å²) in [7, 11) is 1.29. The largest absolute Gasteiger partial charge is 0.508 e. The smallest absolute Gasteiger partial charge is 0.417 e. The van der Waals surface area contributed by atoms with Crippen LogP contribution in [0.25, 0.3) is 22.6 Å². The van der Waals surface area contributed by atoms with E-state index < -0.39 is 18.3 Å². The molecular weight excluding hydrogens is 748 g/mol. The first kappa shape index (κ1) is 41.8. The zero-order valence-electron chi connectivity index (χ0n) is 32.1. The van der Waals surface area contributed by atoms with E-state index in [0.717, 1.165) is 51.2 Å². The third kappa shape index (κ3) is 13.2. The van der Waals surface area contributed by atoms with E-state index in [-0.39, 0.29) is 18.4 Å². The first-order valence-corrected chi connectivity index (χ1v) is 18.0. The number of phenols is 1. The van der Waals surface area contributed by atoms with E-state index in [0.29, 0.717) is 37.0 Å². The van der Waals surface area contributed by atoms with E-state index in [9.17, 15) is 19.5 Å². The summed E-state index contributed by atoms with van der Waals surface area (Å²) in [5.41, 5.74) is 12.5. The Balaban J connectivity index is 0.000000181. The molecule has 0 spiro atoms. The van der Waals surface area contributed by atoms with Gasteiger partial charge in [0, 0.05) is 42.0 Å². The molecule has 58 heavy (non-hydrogen) atoms. The van der Waals surface area contributed by atoms with Gasteiger partial charge in [-0.1, -0.05) is 24.3 Å². The maximum Gasteiger partial charge on any atom is 0.417 e. The average Bonchev–Trinajstić information content (AvgIpc) is 4.03. The van der Waals surface area contributed by atoms with Crippen LogP contribution in [0, 0.1) is 13.8 Å². The van der Waals surface area contributed by atoms with E-state index in [1.165, 1.54) is 19.9 Å². The topological polar surface area (TPSA) is 223 Å². The number of carbonyl (C=O) groups excluding carboxylic acids is 3. The van der Waals surface area contributed by atoms with E-state index in [1.807, 2.05) is 50.2 Å². The van der Waals surface area contributed by atoms with E-state index in [4.69, 9.17) is 28.8 Å². The fourth-order valence-electron chi connectivity index (χ4n) is 5.53. The lowest BCUT2D eigenvalue weighted by atomic mass is 10.1. The quantitative estimate of drug-likeness (QED) is 0.0885. The van der Waals surface area contributed by atoms with Gasteiger partial charge >= 0.3 is 18.3 Å². The summed E-state index contributed by atoms with van der Waals surface area (Å²) in [5, 5.41) is 17.1. The number of aromatic nitrogens is 2. The van der Waals surface area contributed by atoms with Gasteiger partial charge < -0.3 is 49.3 Å². The summed E-state index contributed by atoms with van der Waals surface area (Å²) in [6.07, 6.45) is 5.11. The number of nitrogen functional groups attached to an aromatic ring is 1. The lowest BCUT2D eigenvalue weighted by Crippen LogP contribution is -2.28. The molecule has 16 nitrogen and oxygen atoms in total. The van der Waals surface area contributed by atoms with Crippen LogP contribution in [0.1, 0.15) is 28.7 Å². The van der Waals surface area contributed by atoms with Gasteiger partial charge in [0.1, 0.15) is 17.6 Å². The maximum atomic E-state index is 12.2. The number of anilines is 2. The summed E-state index contributed by atoms with van der Waals surface area (Å²) in [6, 6.07) is 24.7. The molecule has 3 heterocycles. The highest BCUT2D eigenvalue weighted by molar-refractivity contribution is 5.87. The van der Waals surface area contributed by atoms with Crippen molar-refractivity contribution in [3.63, 3.8) is 0 Å². The molecule has 1 fully saturated rings. The third-order valence-corrected chi connectivity index (χ3v) is 8.36. The lowest BCUT2D eigenvalue weighted by Gasteiger charge is -2.11. The molecular formula is C42H44N6O10. The van der Waals surface area contributed by atoms with Gasteiger partial charge in [-0.3, -0.25) is 5.32 Å². The summed E-state index contributed by atoms with van der Waals surface area (Å²) >= 11 is 0. The van der Waals surface area contributed by atoms with Gasteiger partial charge in [0.15, 0.2) is 24.3 Å². The monoisotopic (exact) mass is 792 g/mol. The molecule has 0 saturated carbocycles. The average molecular weight is 793 g/mol. The van der Waals surface area contributed by atoms with Crippen molar-refractivity contribution in [3.05, 3.63) is 132 Å². The highest BCUT2D eigenvalue weighted by Gasteiger charge is 2.19. The van der Waals surface area contributed by atoms with Gasteiger partial charge in [0.25, 0.3) is 0 Å². The number of methoxy groups -OCH3 is 1. The fourth-order valence-corrected chi connectivity index (χ4v) is 5.53. The van der Waals surface area contributed by atoms with Crippen LogP contribution in [0.3, 0.4) is 0 Å². The SMILES string of the molecule is COC(=O)NCc1cccc(OC(=O)Nc2ccc(-c3cnco3)c(C)c2)c1.Cc1cc(N)ccc1-c1cnco1.O=C(NCc1cccc(O)c1)O[C@H]1CCOC1. The Morgan fingerprint density at radius 2 is 1.43 bits per heavy atom. The zero-order valence-corrected chi connectivity index (χ0v) is 32.1. The number of nitrogens with two attached hydrogens (primary N) is 1. The van der Waals surface area contributed by atoms with Crippen molar-refractivity contribution in [1.82, 2.24) is 20.6 Å². The van der Waals surface area contributed by atoms with Crippen molar-refractivity contribution in [2.24, 2.45) is 0 Å². The minimum absolute atomic E-state index is 0.140. The lowest BCUT2D eigenvalue weighted by molar-refractivity contribution is 0.0828. The molecule has 302 valence electrons. The number of nitrogens with zero attached hydrogens (tertiary/aromatic N) is 2. The van der Waals surface area contributed by atoms with Crippen LogP contribution < -0.4 is 26.4 Å². The standard InChI is InChI=1S/C20H19N3O5.C12H15NO4.C10H10N2O/c1-13-8-15(6-7-17(13)18-11-21-12-27-18)23-20(25)28-16-5-3-4-14(9-16)10-22-19(24)26-2;14-10-3-1-2-9(6-10)7-13-12(15)17-11-4-5-16-8-11;1-7-4-8(11)2-3-9(7)10-5-12-6-13-10/h3-9,11-12H,10H2,1-2H3,(H,22,24)(H,23,25);1-3,6,11,14H,4-5,7-8H2,(H,13,15);2-6H,11H2,1H3/t;11-;/m.0./s1. The molecule has 0 bridgehead atoms. The van der Waals surface area contributed by atoms with Gasteiger partial charge in [-0.05, 0) is 96.8 Å². The number of carbonyl (C=O) groups is 3. The molecule has 0 unspecified atom stereocenters. The molecule has 1 atom stereocenters. The first-order valence-electron chi connectivity index (χ1n) is 18.0. The molecule has 16 heteroatoms. The summed E-state index contributed by atoms with van der Waals surface area (Å²) in [6.45, 7) is 5.61. The predicted molar refractivity (Wildman–Crippen MR) is 214 cm³/mol. The van der Waals surface area contributed by atoms with Crippen LogP contribution in [-0.2, 0) is 27.3 Å². The molecule has 0 radical (unpaired) electrons. The molecule has 1 aliphatic heterocycles. The zero-order chi connectivity index (χ0) is 41.3. The fraction of sp³-hybridized carbons (Fsp3) is 0.214. The Morgan fingerprint density at radius 3 is 2.02 bits per heavy atom. The Morgan fingerprint density at radius 1 is 0.793 bits per heavy atom. The summed E-state index contributed by atoms with van der Waals surface area (Å²) in [4.78, 5) is 42.5. The number of ether oxygens (including phenoxy) is 4. The normalized spacial score (nSPS) is 12.8. The van der Waals surface area contributed by atoms with Crippen molar-refractivity contribution in [1.29, 1.82) is 0 Å². The number of hydrogen-bond donors (Lipinski definition) is 5. The second-order valence-corrected chi connectivity index (χ2v) is 12.8. The van der Waals surface area contributed by atoms with E-state index in [2.05, 4.69) is 30.7 Å². The van der Waals surface area contributed by atoms with Gasteiger partial charge in [0.2, 0.25) is 0 Å². The molecule has 6 N–H and O–H groups in total. The molecule has 0 aliphatic carbocycles. The highest BCUT2D eigenvalue weighted by Crippen LogP contribution is 2.26. The maximum absolute atomic E-state index is 12.2. The van der Waals surface area contributed by atoms with Gasteiger partial charge in [-0.15, -0.1) is 0 Å². The van der Waals surface area contributed by atoms with Crippen molar-refractivity contribution >= 4 is 29.7 Å². The molecule has 7 rings (SSSR count). The Kier molecular flexibility index (Phi) is 15.2. The number of aryl methyl sites for hydroxylation is 2.